The van der Waals surface area contributed by atoms with Crippen molar-refractivity contribution in [1.82, 2.24) is 4.90 Å². The molecule has 0 spiro atoms. The van der Waals surface area contributed by atoms with E-state index < -0.39 is 0 Å². The van der Waals surface area contributed by atoms with Gasteiger partial charge in [-0.15, -0.1) is 12.4 Å². The van der Waals surface area contributed by atoms with Gasteiger partial charge in [-0.25, -0.2) is 4.39 Å². The highest BCUT2D eigenvalue weighted by Gasteiger charge is 2.24. The molecule has 3 nitrogen and oxygen atoms in total. The summed E-state index contributed by atoms with van der Waals surface area (Å²) in [5.74, 6) is -0.521. The number of rotatable bonds is 1. The van der Waals surface area contributed by atoms with E-state index in [0.717, 1.165) is 6.42 Å². The number of nitrogens with two attached hydrogens (primary N) is 1. The van der Waals surface area contributed by atoms with Gasteiger partial charge >= 0.3 is 0 Å². The highest BCUT2D eigenvalue weighted by atomic mass is 35.5. The van der Waals surface area contributed by atoms with Crippen LogP contribution in [0.4, 0.5) is 4.39 Å². The number of amides is 1. The minimum Gasteiger partial charge on any atom is -0.337 e. The van der Waals surface area contributed by atoms with Crippen molar-refractivity contribution in [2.24, 2.45) is 5.73 Å². The van der Waals surface area contributed by atoms with Crippen LogP contribution >= 0.6 is 12.4 Å². The van der Waals surface area contributed by atoms with Crippen LogP contribution in [0, 0.1) is 5.82 Å². The Morgan fingerprint density at radius 1 is 1.50 bits per heavy atom. The summed E-state index contributed by atoms with van der Waals surface area (Å²) in [5, 5.41) is 0. The van der Waals surface area contributed by atoms with Crippen molar-refractivity contribution in [3.63, 3.8) is 0 Å². The van der Waals surface area contributed by atoms with Crippen LogP contribution in [0.1, 0.15) is 16.8 Å². The largest absolute Gasteiger partial charge is 0.337 e. The van der Waals surface area contributed by atoms with Crippen LogP contribution in [0.15, 0.2) is 24.3 Å². The van der Waals surface area contributed by atoms with E-state index in [4.69, 9.17) is 5.73 Å². The van der Waals surface area contributed by atoms with Crippen LogP contribution in [0.2, 0.25) is 0 Å². The van der Waals surface area contributed by atoms with E-state index in [0.29, 0.717) is 18.7 Å². The molecule has 1 aliphatic rings. The molecule has 1 fully saturated rings. The molecule has 2 rings (SSSR count). The summed E-state index contributed by atoms with van der Waals surface area (Å²) < 4.78 is 12.9. The van der Waals surface area contributed by atoms with E-state index in [1.807, 2.05) is 0 Å². The fourth-order valence-corrected chi connectivity index (χ4v) is 1.78. The molecule has 2 N–H and O–H groups in total. The van der Waals surface area contributed by atoms with Gasteiger partial charge in [0.05, 0.1) is 0 Å². The van der Waals surface area contributed by atoms with E-state index >= 15 is 0 Å². The van der Waals surface area contributed by atoms with Crippen molar-refractivity contribution < 1.29 is 9.18 Å². The van der Waals surface area contributed by atoms with E-state index in [9.17, 15) is 9.18 Å². The number of nitrogens with zero attached hydrogens (tertiary/aromatic N) is 1. The van der Waals surface area contributed by atoms with Gasteiger partial charge in [0.15, 0.2) is 0 Å². The Morgan fingerprint density at radius 2 is 2.25 bits per heavy atom. The zero-order valence-electron chi connectivity index (χ0n) is 8.73. The number of benzene rings is 1. The van der Waals surface area contributed by atoms with Crippen LogP contribution < -0.4 is 5.73 Å². The summed E-state index contributed by atoms with van der Waals surface area (Å²) in [7, 11) is 0. The molecule has 0 aromatic heterocycles. The Kier molecular flexibility index (Phi) is 4.26. The predicted molar refractivity (Wildman–Crippen MR) is 62.1 cm³/mol. The Bertz CT molecular complexity index is 386. The number of carbonyl (C=O) groups excluding carboxylic acids is 1. The first kappa shape index (κ1) is 12.9. The Balaban J connectivity index is 0.00000128. The third-order valence-electron chi connectivity index (χ3n) is 2.58. The molecule has 1 aromatic rings. The molecule has 1 amide bonds. The van der Waals surface area contributed by atoms with E-state index in [2.05, 4.69) is 0 Å². The second-order valence-electron chi connectivity index (χ2n) is 3.81. The number of likely N-dealkylation sites (tertiary alicyclic amines) is 1. The molecule has 0 radical (unpaired) electrons. The minimum atomic E-state index is -0.385. The summed E-state index contributed by atoms with van der Waals surface area (Å²) in [6.45, 7) is 1.23. The number of halogens is 2. The third kappa shape index (κ3) is 2.71. The molecule has 1 heterocycles. The average molecular weight is 245 g/mol. The minimum absolute atomic E-state index is 0. The van der Waals surface area contributed by atoms with Gasteiger partial charge in [0, 0.05) is 24.7 Å². The summed E-state index contributed by atoms with van der Waals surface area (Å²) in [6, 6.07) is 5.80. The third-order valence-corrected chi connectivity index (χ3v) is 2.58. The molecule has 5 heteroatoms. The highest BCUT2D eigenvalue weighted by molar-refractivity contribution is 5.94. The lowest BCUT2D eigenvalue weighted by molar-refractivity contribution is 0.0790. The average Bonchev–Trinajstić information content (AvgIpc) is 2.64. The maximum atomic E-state index is 12.9. The highest BCUT2D eigenvalue weighted by Crippen LogP contribution is 2.13. The van der Waals surface area contributed by atoms with Crippen molar-refractivity contribution in [2.75, 3.05) is 13.1 Å². The van der Waals surface area contributed by atoms with Crippen LogP contribution in [0.5, 0.6) is 0 Å². The topological polar surface area (TPSA) is 46.3 Å². The van der Waals surface area contributed by atoms with E-state index in [1.165, 1.54) is 12.1 Å². The molecule has 1 saturated heterocycles. The van der Waals surface area contributed by atoms with Crippen molar-refractivity contribution >= 4 is 18.3 Å². The van der Waals surface area contributed by atoms with Gasteiger partial charge in [0.25, 0.3) is 5.91 Å². The normalized spacial score (nSPS) is 19.4. The SMILES string of the molecule is Cl.N[C@@H]1CCN(C(=O)c2cccc(F)c2)C1. The lowest BCUT2D eigenvalue weighted by atomic mass is 10.2. The Hall–Kier alpha value is -1.13. The fourth-order valence-electron chi connectivity index (χ4n) is 1.78. The van der Waals surface area contributed by atoms with Crippen LogP contribution in [-0.4, -0.2) is 29.9 Å². The standard InChI is InChI=1S/C11H13FN2O.ClH/c12-9-3-1-2-8(6-9)11(15)14-5-4-10(13)7-14;/h1-3,6,10H,4-5,7,13H2;1H/t10-;/m1./s1. The molecule has 16 heavy (non-hydrogen) atoms. The van der Waals surface area contributed by atoms with Crippen LogP contribution in [0.25, 0.3) is 0 Å². The number of carbonyl (C=O) groups is 1. The van der Waals surface area contributed by atoms with Gasteiger partial charge in [-0.2, -0.15) is 0 Å². The molecule has 0 saturated carbocycles. The predicted octanol–water partition coefficient (Wildman–Crippen LogP) is 1.42. The summed E-state index contributed by atoms with van der Waals surface area (Å²) >= 11 is 0. The molecule has 1 atom stereocenters. The van der Waals surface area contributed by atoms with Gasteiger partial charge in [-0.1, -0.05) is 6.07 Å². The smallest absolute Gasteiger partial charge is 0.254 e. The Labute approximate surface area is 99.8 Å². The van der Waals surface area contributed by atoms with Crippen molar-refractivity contribution in [1.29, 1.82) is 0 Å². The summed E-state index contributed by atoms with van der Waals surface area (Å²) in [4.78, 5) is 13.5. The molecular formula is C11H14ClFN2O. The van der Waals surface area contributed by atoms with E-state index in [-0.39, 0.29) is 30.2 Å². The second-order valence-corrected chi connectivity index (χ2v) is 3.81. The first-order valence-corrected chi connectivity index (χ1v) is 4.97. The van der Waals surface area contributed by atoms with Crippen molar-refractivity contribution in [2.45, 2.75) is 12.5 Å². The lowest BCUT2D eigenvalue weighted by Crippen LogP contribution is -2.31. The lowest BCUT2D eigenvalue weighted by Gasteiger charge is -2.15. The number of hydrogen-bond donors (Lipinski definition) is 1. The van der Waals surface area contributed by atoms with Gasteiger partial charge in [0.2, 0.25) is 0 Å². The second kappa shape index (κ2) is 5.27. The molecule has 88 valence electrons. The molecule has 1 aliphatic heterocycles. The van der Waals surface area contributed by atoms with Crippen molar-refractivity contribution in [3.8, 4) is 0 Å². The zero-order chi connectivity index (χ0) is 10.8. The first-order valence-electron chi connectivity index (χ1n) is 4.97. The molecule has 1 aromatic carbocycles. The molecule has 0 aliphatic carbocycles. The van der Waals surface area contributed by atoms with Gasteiger partial charge in [-0.05, 0) is 24.6 Å². The van der Waals surface area contributed by atoms with Crippen LogP contribution in [0.3, 0.4) is 0 Å². The first-order chi connectivity index (χ1) is 7.16. The van der Waals surface area contributed by atoms with Gasteiger partial charge in [-0.3, -0.25) is 4.79 Å². The van der Waals surface area contributed by atoms with Crippen LogP contribution in [-0.2, 0) is 0 Å². The maximum absolute atomic E-state index is 12.9. The van der Waals surface area contributed by atoms with Gasteiger partial charge < -0.3 is 10.6 Å². The van der Waals surface area contributed by atoms with Crippen molar-refractivity contribution in [3.05, 3.63) is 35.6 Å². The molecule has 0 unspecified atom stereocenters. The maximum Gasteiger partial charge on any atom is 0.254 e. The number of hydrogen-bond acceptors (Lipinski definition) is 2. The Morgan fingerprint density at radius 3 is 2.81 bits per heavy atom. The monoisotopic (exact) mass is 244 g/mol. The summed E-state index contributed by atoms with van der Waals surface area (Å²) in [6.07, 6.45) is 0.820. The van der Waals surface area contributed by atoms with Gasteiger partial charge in [0.1, 0.15) is 5.82 Å². The molecule has 0 bridgehead atoms. The van der Waals surface area contributed by atoms with E-state index in [1.54, 1.807) is 17.0 Å². The molecular weight excluding hydrogens is 231 g/mol. The zero-order valence-corrected chi connectivity index (χ0v) is 9.54. The fraction of sp³-hybridized carbons (Fsp3) is 0.364. The summed E-state index contributed by atoms with van der Waals surface area (Å²) in [5.41, 5.74) is 6.10. The quantitative estimate of drug-likeness (QED) is 0.812.